The molecule has 1 aliphatic rings. The molecule has 7 heteroatoms. The second kappa shape index (κ2) is 3.77. The minimum atomic E-state index is -0.523. The van der Waals surface area contributed by atoms with E-state index in [1.54, 1.807) is 12.1 Å². The van der Waals surface area contributed by atoms with Crippen LogP contribution in [-0.2, 0) is 4.79 Å². The molecule has 6 nitrogen and oxygen atoms in total. The molecule has 1 aromatic heterocycles. The molecule has 0 fully saturated rings. The van der Waals surface area contributed by atoms with Gasteiger partial charge in [-0.15, -0.1) is 0 Å². The molecule has 0 bridgehead atoms. The highest BCUT2D eigenvalue weighted by atomic mass is 32.1. The number of rotatable bonds is 1. The summed E-state index contributed by atoms with van der Waals surface area (Å²) in [4.78, 5) is 25.6. The van der Waals surface area contributed by atoms with Gasteiger partial charge in [0.15, 0.2) is 18.2 Å². The summed E-state index contributed by atoms with van der Waals surface area (Å²) >= 11 is 3.54. The van der Waals surface area contributed by atoms with Crippen LogP contribution in [0.4, 0.5) is 16.4 Å². The van der Waals surface area contributed by atoms with Crippen molar-refractivity contribution in [2.45, 2.75) is 0 Å². The van der Waals surface area contributed by atoms with E-state index < -0.39 is 5.24 Å². The molecule has 78 valence electrons. The zero-order chi connectivity index (χ0) is 10.8. The summed E-state index contributed by atoms with van der Waals surface area (Å²) in [5.41, 5.74) is 0. The number of anilines is 2. The lowest BCUT2D eigenvalue weighted by Gasteiger charge is -2.17. The van der Waals surface area contributed by atoms with Crippen molar-refractivity contribution in [1.29, 1.82) is 0 Å². The highest BCUT2D eigenvalue weighted by molar-refractivity contribution is 7.96. The third-order valence-corrected chi connectivity index (χ3v) is 1.82. The number of amides is 2. The van der Waals surface area contributed by atoms with Crippen molar-refractivity contribution >= 4 is 35.4 Å². The summed E-state index contributed by atoms with van der Waals surface area (Å²) in [5.74, 6) is 0.807. The van der Waals surface area contributed by atoms with Gasteiger partial charge in [0.05, 0.1) is 0 Å². The van der Waals surface area contributed by atoms with Crippen LogP contribution >= 0.6 is 12.6 Å². The maximum atomic E-state index is 11.0. The van der Waals surface area contributed by atoms with Crippen LogP contribution < -0.4 is 15.4 Å². The van der Waals surface area contributed by atoms with Gasteiger partial charge in [0.25, 0.3) is 11.1 Å². The van der Waals surface area contributed by atoms with Gasteiger partial charge in [-0.2, -0.15) is 0 Å². The Morgan fingerprint density at radius 2 is 2.40 bits per heavy atom. The molecule has 0 unspecified atom stereocenters. The van der Waals surface area contributed by atoms with Crippen molar-refractivity contribution in [2.24, 2.45) is 0 Å². The van der Waals surface area contributed by atoms with Crippen molar-refractivity contribution < 1.29 is 14.3 Å². The Morgan fingerprint density at radius 1 is 1.60 bits per heavy atom. The summed E-state index contributed by atoms with van der Waals surface area (Å²) in [7, 11) is 0. The van der Waals surface area contributed by atoms with Gasteiger partial charge < -0.3 is 15.4 Å². The number of ether oxygens (including phenoxy) is 1. The Kier molecular flexibility index (Phi) is 2.46. The molecule has 0 atom stereocenters. The van der Waals surface area contributed by atoms with Gasteiger partial charge in [-0.05, 0) is 12.1 Å². The zero-order valence-corrected chi connectivity index (χ0v) is 8.38. The van der Waals surface area contributed by atoms with Gasteiger partial charge in [0.2, 0.25) is 0 Å². The first kappa shape index (κ1) is 9.78. The van der Waals surface area contributed by atoms with Crippen molar-refractivity contribution in [2.75, 3.05) is 17.2 Å². The second-order valence-electron chi connectivity index (χ2n) is 2.81. The van der Waals surface area contributed by atoms with Crippen molar-refractivity contribution in [3.63, 3.8) is 0 Å². The lowest BCUT2D eigenvalue weighted by Crippen LogP contribution is -2.26. The molecular weight excluding hydrogens is 218 g/mol. The van der Waals surface area contributed by atoms with Gasteiger partial charge in [-0.3, -0.25) is 9.59 Å². The summed E-state index contributed by atoms with van der Waals surface area (Å²) in [6, 6.07) is 3.17. The van der Waals surface area contributed by atoms with E-state index in [-0.39, 0.29) is 12.5 Å². The molecule has 0 saturated heterocycles. The van der Waals surface area contributed by atoms with E-state index in [1.165, 1.54) is 0 Å². The highest BCUT2D eigenvalue weighted by Crippen LogP contribution is 2.26. The Hall–Kier alpha value is -1.76. The zero-order valence-electron chi connectivity index (χ0n) is 7.48. The Labute approximate surface area is 90.4 Å². The molecule has 0 radical (unpaired) electrons. The van der Waals surface area contributed by atoms with Crippen molar-refractivity contribution in [3.8, 4) is 5.75 Å². The van der Waals surface area contributed by atoms with Crippen LogP contribution in [0, 0.1) is 0 Å². The maximum absolute atomic E-state index is 11.0. The Balaban J connectivity index is 2.28. The average Bonchev–Trinajstić information content (AvgIpc) is 2.16. The Bertz CT molecular complexity index is 435. The fourth-order valence-corrected chi connectivity index (χ4v) is 1.26. The van der Waals surface area contributed by atoms with E-state index in [0.717, 1.165) is 0 Å². The third kappa shape index (κ3) is 2.18. The molecule has 2 N–H and O–H groups in total. The lowest BCUT2D eigenvalue weighted by atomic mass is 10.3. The summed E-state index contributed by atoms with van der Waals surface area (Å²) < 4.78 is 5.09. The first-order chi connectivity index (χ1) is 7.15. The second-order valence-corrected chi connectivity index (χ2v) is 3.22. The number of hydrogen-bond donors (Lipinski definition) is 3. The fourth-order valence-electron chi connectivity index (χ4n) is 1.14. The smallest absolute Gasteiger partial charge is 0.281 e. The van der Waals surface area contributed by atoms with Gasteiger partial charge in [0.1, 0.15) is 5.82 Å². The van der Waals surface area contributed by atoms with Crippen LogP contribution in [0.15, 0.2) is 12.1 Å². The topological polar surface area (TPSA) is 80.3 Å². The number of carbonyl (C=O) groups excluding carboxylic acids is 2. The number of nitrogens with one attached hydrogen (secondary N) is 2. The van der Waals surface area contributed by atoms with E-state index in [9.17, 15) is 9.59 Å². The number of pyridine rings is 1. The quantitative estimate of drug-likeness (QED) is 0.620. The van der Waals surface area contributed by atoms with E-state index in [0.29, 0.717) is 17.4 Å². The molecule has 1 aromatic rings. The molecule has 1 aliphatic heterocycles. The molecule has 15 heavy (non-hydrogen) atoms. The molecule has 0 aromatic carbocycles. The predicted octanol–water partition coefficient (Wildman–Crippen LogP) is 0.874. The molecule has 2 amide bonds. The fraction of sp³-hybridized carbons (Fsp3) is 0.125. The number of thiol groups is 1. The average molecular weight is 225 g/mol. The SMILES string of the molecule is O=C(S)Nc1ccc2c(n1)NC(=O)CO2. The number of aromatic nitrogens is 1. The first-order valence-corrected chi connectivity index (χ1v) is 4.53. The van der Waals surface area contributed by atoms with Crippen LogP contribution in [0.25, 0.3) is 0 Å². The number of nitrogens with zero attached hydrogens (tertiary/aromatic N) is 1. The number of fused-ring (bicyclic) bond motifs is 1. The highest BCUT2D eigenvalue weighted by Gasteiger charge is 2.17. The van der Waals surface area contributed by atoms with Crippen LogP contribution in [0.1, 0.15) is 0 Å². The van der Waals surface area contributed by atoms with Crippen LogP contribution in [0.5, 0.6) is 5.75 Å². The van der Waals surface area contributed by atoms with Crippen LogP contribution in [-0.4, -0.2) is 22.7 Å². The van der Waals surface area contributed by atoms with E-state index in [4.69, 9.17) is 4.74 Å². The Morgan fingerprint density at radius 3 is 3.13 bits per heavy atom. The first-order valence-electron chi connectivity index (χ1n) is 4.09. The van der Waals surface area contributed by atoms with Crippen LogP contribution in [0.2, 0.25) is 0 Å². The normalized spacial score (nSPS) is 13.5. The predicted molar refractivity (Wildman–Crippen MR) is 56.4 cm³/mol. The van der Waals surface area contributed by atoms with Gasteiger partial charge in [-0.1, -0.05) is 12.6 Å². The molecule has 0 saturated carbocycles. The number of carbonyl (C=O) groups is 2. The molecule has 0 spiro atoms. The van der Waals surface area contributed by atoms with Gasteiger partial charge in [0, 0.05) is 0 Å². The molecule has 2 rings (SSSR count). The standard InChI is InChI=1S/C8H7N3O3S/c12-6-3-14-4-1-2-5(10-8(13)15)9-7(4)11-6/h1-2H,3H2,(H3,9,10,11,12,13,15). The maximum Gasteiger partial charge on any atom is 0.281 e. The third-order valence-electron chi connectivity index (χ3n) is 1.71. The number of hydrogen-bond acceptors (Lipinski definition) is 4. The van der Waals surface area contributed by atoms with E-state index >= 15 is 0 Å². The minimum absolute atomic E-state index is 0.0209. The molecule has 2 heterocycles. The summed E-state index contributed by atoms with van der Waals surface area (Å²) in [5, 5.41) is 4.38. The van der Waals surface area contributed by atoms with Crippen molar-refractivity contribution in [3.05, 3.63) is 12.1 Å². The summed E-state index contributed by atoms with van der Waals surface area (Å²) in [6.07, 6.45) is 0. The minimum Gasteiger partial charge on any atom is -0.480 e. The van der Waals surface area contributed by atoms with Crippen molar-refractivity contribution in [1.82, 2.24) is 4.98 Å². The molecule has 0 aliphatic carbocycles. The summed E-state index contributed by atoms with van der Waals surface area (Å²) in [6.45, 7) is -0.0209. The van der Waals surface area contributed by atoms with E-state index in [2.05, 4.69) is 28.2 Å². The lowest BCUT2D eigenvalue weighted by molar-refractivity contribution is -0.118. The monoisotopic (exact) mass is 225 g/mol. The van der Waals surface area contributed by atoms with Gasteiger partial charge in [-0.25, -0.2) is 4.98 Å². The largest absolute Gasteiger partial charge is 0.480 e. The van der Waals surface area contributed by atoms with Gasteiger partial charge >= 0.3 is 0 Å². The molecular formula is C8H7N3O3S. The van der Waals surface area contributed by atoms with Crippen LogP contribution in [0.3, 0.4) is 0 Å². The van der Waals surface area contributed by atoms with E-state index in [1.807, 2.05) is 0 Å².